The van der Waals surface area contributed by atoms with E-state index in [0.717, 1.165) is 16.4 Å². The lowest BCUT2D eigenvalue weighted by Crippen LogP contribution is -2.14. The van der Waals surface area contributed by atoms with Gasteiger partial charge in [-0.1, -0.05) is 26.7 Å². The second-order valence-corrected chi connectivity index (χ2v) is 5.26. The molecule has 1 aromatic carbocycles. The number of carbonyl (C=O) groups excluding carboxylic acids is 1. The van der Waals surface area contributed by atoms with Gasteiger partial charge in [-0.05, 0) is 46.7 Å². The van der Waals surface area contributed by atoms with E-state index in [9.17, 15) is 4.79 Å². The molecule has 1 rings (SSSR count). The Morgan fingerprint density at radius 1 is 1.41 bits per heavy atom. The molecular weight excluding hydrogens is 329 g/mol. The monoisotopic (exact) mass is 347 g/mol. The number of esters is 1. The first-order valence-corrected chi connectivity index (χ1v) is 6.88. The maximum Gasteiger partial charge on any atom is 0.340 e. The summed E-state index contributed by atoms with van der Waals surface area (Å²) >= 11 is 2.15. The third kappa shape index (κ3) is 4.18. The molecule has 0 aliphatic heterocycles. The van der Waals surface area contributed by atoms with Crippen LogP contribution >= 0.6 is 22.6 Å². The lowest BCUT2D eigenvalue weighted by molar-refractivity contribution is 0.0434. The Balaban J connectivity index is 2.66. The molecule has 0 spiro atoms. The molecule has 0 atom stereocenters. The van der Waals surface area contributed by atoms with Crippen LogP contribution in [0.1, 0.15) is 37.0 Å². The van der Waals surface area contributed by atoms with Crippen LogP contribution in [0.15, 0.2) is 18.2 Å². The van der Waals surface area contributed by atoms with Gasteiger partial charge in [0.25, 0.3) is 0 Å². The highest BCUT2D eigenvalue weighted by Crippen LogP contribution is 2.17. The van der Waals surface area contributed by atoms with Crippen LogP contribution in [0, 0.1) is 9.49 Å². The quantitative estimate of drug-likeness (QED) is 0.504. The Hall–Kier alpha value is -0.780. The molecular formula is C13H18INO2. The zero-order valence-electron chi connectivity index (χ0n) is 10.2. The summed E-state index contributed by atoms with van der Waals surface area (Å²) in [5.41, 5.74) is 6.69. The minimum Gasteiger partial charge on any atom is -0.462 e. The van der Waals surface area contributed by atoms with Gasteiger partial charge in [0.05, 0.1) is 12.2 Å². The largest absolute Gasteiger partial charge is 0.462 e. The van der Waals surface area contributed by atoms with E-state index in [-0.39, 0.29) is 5.97 Å². The Labute approximate surface area is 116 Å². The number of halogens is 1. The van der Waals surface area contributed by atoms with Gasteiger partial charge in [-0.2, -0.15) is 0 Å². The van der Waals surface area contributed by atoms with Gasteiger partial charge in [0.15, 0.2) is 0 Å². The molecule has 1 aromatic rings. The van der Waals surface area contributed by atoms with Crippen molar-refractivity contribution in [2.75, 3.05) is 12.3 Å². The molecule has 3 nitrogen and oxygen atoms in total. The number of hydrogen-bond acceptors (Lipinski definition) is 3. The van der Waals surface area contributed by atoms with Crippen molar-refractivity contribution in [2.45, 2.75) is 26.7 Å². The summed E-state index contributed by atoms with van der Waals surface area (Å²) in [6.07, 6.45) is 2.04. The first-order chi connectivity index (χ1) is 8.08. The van der Waals surface area contributed by atoms with Crippen molar-refractivity contribution in [3.8, 4) is 0 Å². The zero-order valence-corrected chi connectivity index (χ0v) is 12.4. The molecule has 0 unspecified atom stereocenters. The fourth-order valence-electron chi connectivity index (χ4n) is 1.50. The Bertz CT molecular complexity index is 389. The summed E-state index contributed by atoms with van der Waals surface area (Å²) in [5, 5.41) is 0. The van der Waals surface area contributed by atoms with E-state index in [1.54, 1.807) is 12.1 Å². The lowest BCUT2D eigenvalue weighted by atomic mass is 10.1. The summed E-state index contributed by atoms with van der Waals surface area (Å²) in [6.45, 7) is 4.67. The molecule has 0 aliphatic carbocycles. The van der Waals surface area contributed by atoms with Crippen molar-refractivity contribution < 1.29 is 9.53 Å². The van der Waals surface area contributed by atoms with Gasteiger partial charge in [0.1, 0.15) is 0 Å². The van der Waals surface area contributed by atoms with Crippen molar-refractivity contribution in [3.05, 3.63) is 27.3 Å². The normalized spacial score (nSPS) is 10.6. The average molecular weight is 347 g/mol. The van der Waals surface area contributed by atoms with Gasteiger partial charge >= 0.3 is 5.97 Å². The van der Waals surface area contributed by atoms with Gasteiger partial charge in [0, 0.05) is 9.26 Å². The number of nitrogen functional groups attached to an aromatic ring is 1. The maximum atomic E-state index is 11.8. The summed E-state index contributed by atoms with van der Waals surface area (Å²) in [5.74, 6) is 0.107. The molecule has 94 valence electrons. The van der Waals surface area contributed by atoms with Crippen molar-refractivity contribution in [2.24, 2.45) is 5.92 Å². The third-order valence-corrected chi connectivity index (χ3v) is 3.51. The van der Waals surface area contributed by atoms with Crippen molar-refractivity contribution in [3.63, 3.8) is 0 Å². The minimum absolute atomic E-state index is 0.326. The van der Waals surface area contributed by atoms with Gasteiger partial charge < -0.3 is 10.5 Å². The highest BCUT2D eigenvalue weighted by Gasteiger charge is 2.13. The van der Waals surface area contributed by atoms with E-state index in [1.807, 2.05) is 6.07 Å². The van der Waals surface area contributed by atoms with Crippen LogP contribution in [0.3, 0.4) is 0 Å². The van der Waals surface area contributed by atoms with Crippen molar-refractivity contribution in [1.82, 2.24) is 0 Å². The summed E-state index contributed by atoms with van der Waals surface area (Å²) < 4.78 is 6.26. The molecule has 0 aromatic heterocycles. The van der Waals surface area contributed by atoms with Gasteiger partial charge in [0.2, 0.25) is 0 Å². The lowest BCUT2D eigenvalue weighted by Gasteiger charge is -2.13. The molecule has 0 saturated carbocycles. The molecule has 0 amide bonds. The van der Waals surface area contributed by atoms with Gasteiger partial charge in [-0.3, -0.25) is 0 Å². The number of anilines is 1. The number of carbonyl (C=O) groups is 1. The predicted molar refractivity (Wildman–Crippen MR) is 77.9 cm³/mol. The van der Waals surface area contributed by atoms with Crippen molar-refractivity contribution in [1.29, 1.82) is 0 Å². The van der Waals surface area contributed by atoms with E-state index < -0.39 is 0 Å². The van der Waals surface area contributed by atoms with Crippen molar-refractivity contribution >= 4 is 34.2 Å². The fraction of sp³-hybridized carbons (Fsp3) is 0.462. The molecule has 4 heteroatoms. The van der Waals surface area contributed by atoms with E-state index in [1.165, 1.54) is 0 Å². The molecule has 17 heavy (non-hydrogen) atoms. The van der Waals surface area contributed by atoms with Crippen LogP contribution in [0.25, 0.3) is 0 Å². The van der Waals surface area contributed by atoms with E-state index >= 15 is 0 Å². The molecule has 0 radical (unpaired) electrons. The second kappa shape index (κ2) is 6.83. The second-order valence-electron chi connectivity index (χ2n) is 4.01. The summed E-state index contributed by atoms with van der Waals surface area (Å²) in [6, 6.07) is 5.36. The number of ether oxygens (including phenoxy) is 1. The minimum atomic E-state index is -0.326. The first kappa shape index (κ1) is 14.3. The molecule has 0 aliphatic rings. The SMILES string of the molecule is CCC(CC)COC(=O)c1cc(I)ccc1N. The zero-order chi connectivity index (χ0) is 12.8. The molecule has 0 heterocycles. The fourth-order valence-corrected chi connectivity index (χ4v) is 1.99. The summed E-state index contributed by atoms with van der Waals surface area (Å²) in [7, 11) is 0. The van der Waals surface area contributed by atoms with E-state index in [0.29, 0.717) is 23.8 Å². The third-order valence-electron chi connectivity index (χ3n) is 2.84. The number of hydrogen-bond donors (Lipinski definition) is 1. The van der Waals surface area contributed by atoms with Crippen LogP contribution in [0.4, 0.5) is 5.69 Å². The Kier molecular flexibility index (Phi) is 5.74. The van der Waals surface area contributed by atoms with Crippen LogP contribution in [-0.4, -0.2) is 12.6 Å². The van der Waals surface area contributed by atoms with Crippen LogP contribution in [0.5, 0.6) is 0 Å². The first-order valence-electron chi connectivity index (χ1n) is 5.80. The van der Waals surface area contributed by atoms with Crippen LogP contribution < -0.4 is 5.73 Å². The standard InChI is InChI=1S/C13H18INO2/c1-3-9(4-2)8-17-13(16)11-7-10(14)5-6-12(11)15/h5-7,9H,3-4,8,15H2,1-2H3. The predicted octanol–water partition coefficient (Wildman–Crippen LogP) is 3.47. The Morgan fingerprint density at radius 2 is 2.06 bits per heavy atom. The van der Waals surface area contributed by atoms with Gasteiger partial charge in [-0.15, -0.1) is 0 Å². The highest BCUT2D eigenvalue weighted by molar-refractivity contribution is 14.1. The van der Waals surface area contributed by atoms with Crippen LogP contribution in [-0.2, 0) is 4.74 Å². The number of rotatable bonds is 5. The van der Waals surface area contributed by atoms with Gasteiger partial charge in [-0.25, -0.2) is 4.79 Å². The topological polar surface area (TPSA) is 52.3 Å². The average Bonchev–Trinajstić information content (AvgIpc) is 2.33. The molecule has 0 saturated heterocycles. The Morgan fingerprint density at radius 3 is 2.65 bits per heavy atom. The summed E-state index contributed by atoms with van der Waals surface area (Å²) in [4.78, 5) is 11.8. The van der Waals surface area contributed by atoms with E-state index in [4.69, 9.17) is 10.5 Å². The highest BCUT2D eigenvalue weighted by atomic mass is 127. The smallest absolute Gasteiger partial charge is 0.340 e. The van der Waals surface area contributed by atoms with E-state index in [2.05, 4.69) is 36.4 Å². The molecule has 2 N–H and O–H groups in total. The number of benzene rings is 1. The maximum absolute atomic E-state index is 11.8. The van der Waals surface area contributed by atoms with Crippen LogP contribution in [0.2, 0.25) is 0 Å². The molecule has 0 fully saturated rings. The number of nitrogens with two attached hydrogens (primary N) is 1. The molecule has 0 bridgehead atoms.